The SMILES string of the molecule is C=C(C)C(=O)NCC[N+](CC)(CC)Cc1ccccc1.[Cl-]. The third-order valence-corrected chi connectivity index (χ3v) is 3.96. The highest BCUT2D eigenvalue weighted by Crippen LogP contribution is 2.13. The van der Waals surface area contributed by atoms with Crippen LogP contribution >= 0.6 is 0 Å². The van der Waals surface area contributed by atoms with Crippen LogP contribution < -0.4 is 17.7 Å². The Balaban J connectivity index is 0.00000400. The fourth-order valence-corrected chi connectivity index (χ4v) is 2.37. The van der Waals surface area contributed by atoms with Crippen molar-refractivity contribution in [2.45, 2.75) is 27.3 Å². The molecule has 0 aromatic heterocycles. The lowest BCUT2D eigenvalue weighted by Gasteiger charge is -2.37. The van der Waals surface area contributed by atoms with Crippen molar-refractivity contribution in [1.29, 1.82) is 0 Å². The lowest BCUT2D eigenvalue weighted by atomic mass is 10.1. The third kappa shape index (κ3) is 6.32. The number of carbonyl (C=O) groups excluding carboxylic acids is 1. The first-order chi connectivity index (χ1) is 9.53. The number of hydrogen-bond acceptors (Lipinski definition) is 1. The molecular weight excluding hydrogens is 284 g/mol. The van der Waals surface area contributed by atoms with Crippen LogP contribution in [-0.2, 0) is 11.3 Å². The minimum Gasteiger partial charge on any atom is -1.00 e. The van der Waals surface area contributed by atoms with E-state index in [1.807, 2.05) is 6.07 Å². The first kappa shape index (κ1) is 19.7. The number of nitrogens with one attached hydrogen (secondary N) is 1. The van der Waals surface area contributed by atoms with E-state index in [9.17, 15) is 4.79 Å². The van der Waals surface area contributed by atoms with Crippen molar-refractivity contribution >= 4 is 5.91 Å². The van der Waals surface area contributed by atoms with Gasteiger partial charge in [0.25, 0.3) is 0 Å². The number of rotatable bonds is 8. The number of halogens is 1. The third-order valence-electron chi connectivity index (χ3n) is 3.96. The lowest BCUT2D eigenvalue weighted by molar-refractivity contribution is -0.936. The van der Waals surface area contributed by atoms with Crippen LogP contribution in [0.15, 0.2) is 42.5 Å². The molecule has 0 heterocycles. The smallest absolute Gasteiger partial charge is 0.246 e. The van der Waals surface area contributed by atoms with Gasteiger partial charge < -0.3 is 22.2 Å². The molecule has 0 saturated carbocycles. The molecule has 0 atom stereocenters. The van der Waals surface area contributed by atoms with Crippen LogP contribution in [0.4, 0.5) is 0 Å². The Hall–Kier alpha value is -1.32. The molecule has 1 rings (SSSR count). The molecule has 4 heteroatoms. The Labute approximate surface area is 135 Å². The molecule has 118 valence electrons. The van der Waals surface area contributed by atoms with Gasteiger partial charge in [-0.1, -0.05) is 36.9 Å². The summed E-state index contributed by atoms with van der Waals surface area (Å²) in [7, 11) is 0. The Morgan fingerprint density at radius 3 is 2.24 bits per heavy atom. The van der Waals surface area contributed by atoms with Gasteiger partial charge >= 0.3 is 0 Å². The summed E-state index contributed by atoms with van der Waals surface area (Å²) < 4.78 is 0.987. The Morgan fingerprint density at radius 1 is 1.19 bits per heavy atom. The van der Waals surface area contributed by atoms with Gasteiger partial charge in [0.05, 0.1) is 26.2 Å². The minimum absolute atomic E-state index is 0. The van der Waals surface area contributed by atoms with Crippen molar-refractivity contribution in [1.82, 2.24) is 5.32 Å². The number of carbonyl (C=O) groups is 1. The molecule has 0 radical (unpaired) electrons. The molecule has 0 spiro atoms. The number of amides is 1. The van der Waals surface area contributed by atoms with Gasteiger partial charge in [-0.3, -0.25) is 4.79 Å². The second-order valence-electron chi connectivity index (χ2n) is 5.38. The summed E-state index contributed by atoms with van der Waals surface area (Å²) in [6.45, 7) is 14.6. The topological polar surface area (TPSA) is 29.1 Å². The zero-order valence-corrected chi connectivity index (χ0v) is 14.1. The average Bonchev–Trinajstić information content (AvgIpc) is 2.47. The molecule has 0 unspecified atom stereocenters. The first-order valence-corrected chi connectivity index (χ1v) is 7.35. The number of quaternary nitrogens is 1. The fourth-order valence-electron chi connectivity index (χ4n) is 2.37. The zero-order chi connectivity index (χ0) is 15.0. The van der Waals surface area contributed by atoms with Crippen LogP contribution in [0.2, 0.25) is 0 Å². The quantitative estimate of drug-likeness (QED) is 0.520. The zero-order valence-electron chi connectivity index (χ0n) is 13.4. The monoisotopic (exact) mass is 310 g/mol. The fraction of sp³-hybridized carbons (Fsp3) is 0.471. The van der Waals surface area contributed by atoms with Crippen LogP contribution in [0.1, 0.15) is 26.3 Å². The van der Waals surface area contributed by atoms with Crippen molar-refractivity contribution < 1.29 is 21.7 Å². The maximum absolute atomic E-state index is 11.5. The van der Waals surface area contributed by atoms with E-state index in [0.29, 0.717) is 12.1 Å². The molecular formula is C17H27ClN2O. The molecule has 0 bridgehead atoms. The molecule has 0 saturated heterocycles. The highest BCUT2D eigenvalue weighted by Gasteiger charge is 2.23. The summed E-state index contributed by atoms with van der Waals surface area (Å²) in [5, 5.41) is 2.94. The number of nitrogens with zero attached hydrogens (tertiary/aromatic N) is 1. The average molecular weight is 311 g/mol. The van der Waals surface area contributed by atoms with E-state index < -0.39 is 0 Å². The van der Waals surface area contributed by atoms with Crippen LogP contribution in [-0.4, -0.2) is 36.6 Å². The summed E-state index contributed by atoms with van der Waals surface area (Å²) >= 11 is 0. The van der Waals surface area contributed by atoms with Crippen LogP contribution in [0.5, 0.6) is 0 Å². The van der Waals surface area contributed by atoms with E-state index in [1.165, 1.54) is 5.56 Å². The first-order valence-electron chi connectivity index (χ1n) is 7.35. The number of likely N-dealkylation sites (N-methyl/N-ethyl adjacent to an activating group) is 1. The van der Waals surface area contributed by atoms with E-state index >= 15 is 0 Å². The molecule has 0 aliphatic heterocycles. The van der Waals surface area contributed by atoms with Gasteiger partial charge in [-0.2, -0.15) is 0 Å². The number of benzene rings is 1. The highest BCUT2D eigenvalue weighted by atomic mass is 35.5. The summed E-state index contributed by atoms with van der Waals surface area (Å²) in [6, 6.07) is 10.6. The molecule has 0 aliphatic carbocycles. The van der Waals surface area contributed by atoms with Crippen LogP contribution in [0.3, 0.4) is 0 Å². The molecule has 1 amide bonds. The predicted molar refractivity (Wildman–Crippen MR) is 84.2 cm³/mol. The van der Waals surface area contributed by atoms with Gasteiger partial charge in [-0.15, -0.1) is 0 Å². The molecule has 3 nitrogen and oxygen atoms in total. The lowest BCUT2D eigenvalue weighted by Crippen LogP contribution is -3.00. The van der Waals surface area contributed by atoms with Crippen molar-refractivity contribution in [2.75, 3.05) is 26.2 Å². The van der Waals surface area contributed by atoms with Crippen LogP contribution in [0.25, 0.3) is 0 Å². The van der Waals surface area contributed by atoms with Crippen molar-refractivity contribution in [3.8, 4) is 0 Å². The maximum Gasteiger partial charge on any atom is 0.246 e. The van der Waals surface area contributed by atoms with Crippen molar-refractivity contribution in [3.05, 3.63) is 48.0 Å². The van der Waals surface area contributed by atoms with Crippen molar-refractivity contribution in [2.24, 2.45) is 0 Å². The van der Waals surface area contributed by atoms with E-state index in [4.69, 9.17) is 0 Å². The normalized spacial score (nSPS) is 10.6. The summed E-state index contributed by atoms with van der Waals surface area (Å²) in [6.07, 6.45) is 0. The summed E-state index contributed by atoms with van der Waals surface area (Å²) in [5.74, 6) is -0.0463. The van der Waals surface area contributed by atoms with Gasteiger partial charge in [-0.25, -0.2) is 0 Å². The van der Waals surface area contributed by atoms with E-state index in [0.717, 1.165) is 30.7 Å². The minimum atomic E-state index is -0.0463. The summed E-state index contributed by atoms with van der Waals surface area (Å²) in [5.41, 5.74) is 1.92. The Kier molecular flexibility index (Phi) is 8.98. The number of hydrogen-bond donors (Lipinski definition) is 1. The van der Waals surface area contributed by atoms with E-state index in [1.54, 1.807) is 6.92 Å². The summed E-state index contributed by atoms with van der Waals surface area (Å²) in [4.78, 5) is 11.5. The molecule has 0 aliphatic rings. The predicted octanol–water partition coefficient (Wildman–Crippen LogP) is -0.260. The highest BCUT2D eigenvalue weighted by molar-refractivity contribution is 5.92. The van der Waals surface area contributed by atoms with E-state index in [-0.39, 0.29) is 18.3 Å². The molecule has 1 N–H and O–H groups in total. The van der Waals surface area contributed by atoms with Gasteiger partial charge in [0, 0.05) is 11.1 Å². The van der Waals surface area contributed by atoms with Gasteiger partial charge in [-0.05, 0) is 20.8 Å². The largest absolute Gasteiger partial charge is 1.00 e. The second-order valence-corrected chi connectivity index (χ2v) is 5.38. The Bertz CT molecular complexity index is 441. The van der Waals surface area contributed by atoms with Gasteiger partial charge in [0.15, 0.2) is 0 Å². The Morgan fingerprint density at radius 2 is 1.76 bits per heavy atom. The maximum atomic E-state index is 11.5. The molecule has 1 aromatic rings. The standard InChI is InChI=1S/C17H26N2O.ClH/c1-5-19(6-2,13-12-18-17(20)15(3)4)14-16-10-8-7-9-11-16;/h7-11H,3,5-6,12-14H2,1-2,4H3;1H. The van der Waals surface area contributed by atoms with Crippen LogP contribution in [0, 0.1) is 0 Å². The van der Waals surface area contributed by atoms with Crippen molar-refractivity contribution in [3.63, 3.8) is 0 Å². The van der Waals surface area contributed by atoms with E-state index in [2.05, 4.69) is 50.0 Å². The second kappa shape index (κ2) is 9.59. The molecule has 1 aromatic carbocycles. The molecule has 0 fully saturated rings. The molecule has 21 heavy (non-hydrogen) atoms. The van der Waals surface area contributed by atoms with Gasteiger partial charge in [0.1, 0.15) is 6.54 Å². The van der Waals surface area contributed by atoms with Gasteiger partial charge in [0.2, 0.25) is 5.91 Å².